The summed E-state index contributed by atoms with van der Waals surface area (Å²) in [6.45, 7) is 1.89. The van der Waals surface area contributed by atoms with Gasteiger partial charge in [-0.25, -0.2) is 4.79 Å². The summed E-state index contributed by atoms with van der Waals surface area (Å²) in [5.74, 6) is -5.12. The number of hydrogen-bond donors (Lipinski definition) is 1. The number of ether oxygens (including phenoxy) is 1. The Labute approximate surface area is 97.0 Å². The van der Waals surface area contributed by atoms with E-state index in [1.165, 1.54) is 6.07 Å². The quantitative estimate of drug-likeness (QED) is 0.884. The Morgan fingerprint density at radius 2 is 2.29 bits per heavy atom. The van der Waals surface area contributed by atoms with Crippen molar-refractivity contribution in [1.82, 2.24) is 0 Å². The molecule has 0 amide bonds. The number of halogens is 2. The van der Waals surface area contributed by atoms with Gasteiger partial charge >= 0.3 is 11.9 Å². The smallest absolute Gasteiger partial charge is 0.374 e. The number of benzene rings is 1. The summed E-state index contributed by atoms with van der Waals surface area (Å²) < 4.78 is 31.5. The highest BCUT2D eigenvalue weighted by Gasteiger charge is 2.39. The van der Waals surface area contributed by atoms with E-state index in [4.69, 9.17) is 9.84 Å². The van der Waals surface area contributed by atoms with Gasteiger partial charge in [0.25, 0.3) is 0 Å². The van der Waals surface area contributed by atoms with Gasteiger partial charge in [0.15, 0.2) is 0 Å². The van der Waals surface area contributed by atoms with Crippen LogP contribution in [0.1, 0.15) is 18.1 Å². The van der Waals surface area contributed by atoms with Gasteiger partial charge in [0.2, 0.25) is 0 Å². The third-order valence-electron chi connectivity index (χ3n) is 2.70. The molecule has 1 unspecified atom stereocenters. The minimum atomic E-state index is -3.72. The Balaban J connectivity index is 2.20. The van der Waals surface area contributed by atoms with Gasteiger partial charge in [-0.1, -0.05) is 12.1 Å². The molecule has 92 valence electrons. The molecule has 1 heterocycles. The predicted molar refractivity (Wildman–Crippen MR) is 56.5 cm³/mol. The average molecular weight is 242 g/mol. The van der Waals surface area contributed by atoms with Gasteiger partial charge in [0.05, 0.1) is 0 Å². The number of carboxylic acids is 1. The minimum absolute atomic E-state index is 0.0419. The van der Waals surface area contributed by atoms with Crippen LogP contribution in [0.4, 0.5) is 8.78 Å². The molecule has 1 N–H and O–H groups in total. The SMILES string of the molecule is CC1Cc2cc(CC(F)(F)C(=O)O)ccc2O1. The second kappa shape index (κ2) is 3.98. The number of aliphatic carboxylic acids is 1. The van der Waals surface area contributed by atoms with Crippen LogP contribution in [0.15, 0.2) is 18.2 Å². The largest absolute Gasteiger partial charge is 0.490 e. The van der Waals surface area contributed by atoms with E-state index in [0.29, 0.717) is 17.7 Å². The van der Waals surface area contributed by atoms with E-state index in [2.05, 4.69) is 0 Å². The van der Waals surface area contributed by atoms with Crippen LogP contribution < -0.4 is 4.74 Å². The molecule has 0 aliphatic carbocycles. The molecule has 1 aromatic carbocycles. The van der Waals surface area contributed by atoms with E-state index >= 15 is 0 Å². The molecule has 1 aliphatic heterocycles. The predicted octanol–water partition coefficient (Wildman–Crippen LogP) is 2.27. The highest BCUT2D eigenvalue weighted by molar-refractivity contribution is 5.75. The lowest BCUT2D eigenvalue weighted by atomic mass is 10.0. The maximum Gasteiger partial charge on any atom is 0.374 e. The van der Waals surface area contributed by atoms with Gasteiger partial charge < -0.3 is 9.84 Å². The molecule has 0 saturated carbocycles. The first-order valence-electron chi connectivity index (χ1n) is 5.28. The topological polar surface area (TPSA) is 46.5 Å². The highest BCUT2D eigenvalue weighted by atomic mass is 19.3. The van der Waals surface area contributed by atoms with Gasteiger partial charge in [-0.15, -0.1) is 0 Å². The summed E-state index contributed by atoms with van der Waals surface area (Å²) in [5.41, 5.74) is 1.17. The first kappa shape index (κ1) is 11.8. The molecule has 1 aromatic rings. The van der Waals surface area contributed by atoms with Gasteiger partial charge in [0.1, 0.15) is 11.9 Å². The molecule has 0 fully saturated rings. The molecule has 0 bridgehead atoms. The molecule has 0 radical (unpaired) electrons. The first-order valence-corrected chi connectivity index (χ1v) is 5.28. The standard InChI is InChI=1S/C12H12F2O3/c1-7-4-9-5-8(2-3-10(9)17-7)6-12(13,14)11(15)16/h2-3,5,7H,4,6H2,1H3,(H,15,16). The molecule has 5 heteroatoms. The monoisotopic (exact) mass is 242 g/mol. The number of carbonyl (C=O) groups is 1. The fourth-order valence-electron chi connectivity index (χ4n) is 1.92. The number of alkyl halides is 2. The number of fused-ring (bicyclic) bond motifs is 1. The van der Waals surface area contributed by atoms with Crippen molar-refractivity contribution in [3.05, 3.63) is 29.3 Å². The van der Waals surface area contributed by atoms with E-state index in [0.717, 1.165) is 5.56 Å². The van der Waals surface area contributed by atoms with E-state index in [9.17, 15) is 13.6 Å². The maximum atomic E-state index is 13.0. The summed E-state index contributed by atoms with van der Waals surface area (Å²) in [4.78, 5) is 10.3. The van der Waals surface area contributed by atoms with Crippen LogP contribution in [0.2, 0.25) is 0 Å². The third-order valence-corrected chi connectivity index (χ3v) is 2.70. The minimum Gasteiger partial charge on any atom is -0.490 e. The summed E-state index contributed by atoms with van der Waals surface area (Å²) >= 11 is 0. The molecular formula is C12H12F2O3. The molecule has 1 atom stereocenters. The van der Waals surface area contributed by atoms with Gasteiger partial charge in [-0.2, -0.15) is 8.78 Å². The zero-order chi connectivity index (χ0) is 12.6. The van der Waals surface area contributed by atoms with Crippen molar-refractivity contribution in [2.24, 2.45) is 0 Å². The lowest BCUT2D eigenvalue weighted by molar-refractivity contribution is -0.164. The molecule has 0 saturated heterocycles. The van der Waals surface area contributed by atoms with E-state index in [1.807, 2.05) is 6.92 Å². The normalized spacial score (nSPS) is 18.6. The van der Waals surface area contributed by atoms with Crippen LogP contribution in [-0.2, 0) is 17.6 Å². The van der Waals surface area contributed by atoms with E-state index in [-0.39, 0.29) is 6.10 Å². The second-order valence-corrected chi connectivity index (χ2v) is 4.26. The average Bonchev–Trinajstić information content (AvgIpc) is 2.56. The maximum absolute atomic E-state index is 13.0. The summed E-state index contributed by atoms with van der Waals surface area (Å²) in [6, 6.07) is 4.69. The van der Waals surface area contributed by atoms with Crippen molar-refractivity contribution < 1.29 is 23.4 Å². The van der Waals surface area contributed by atoms with Crippen LogP contribution in [0.25, 0.3) is 0 Å². The van der Waals surface area contributed by atoms with Crippen LogP contribution >= 0.6 is 0 Å². The van der Waals surface area contributed by atoms with Crippen LogP contribution in [-0.4, -0.2) is 23.1 Å². The van der Waals surface area contributed by atoms with Crippen molar-refractivity contribution >= 4 is 5.97 Å². The molecule has 2 rings (SSSR count). The summed E-state index contributed by atoms with van der Waals surface area (Å²) in [5, 5.41) is 8.36. The molecule has 1 aliphatic rings. The number of carboxylic acid groups (broad SMARTS) is 1. The van der Waals surface area contributed by atoms with E-state index < -0.39 is 18.3 Å². The molecule has 17 heavy (non-hydrogen) atoms. The van der Waals surface area contributed by atoms with Gasteiger partial charge in [-0.3, -0.25) is 0 Å². The lowest BCUT2D eigenvalue weighted by Gasteiger charge is -2.11. The Hall–Kier alpha value is -1.65. The van der Waals surface area contributed by atoms with E-state index in [1.54, 1.807) is 12.1 Å². The summed E-state index contributed by atoms with van der Waals surface area (Å²) in [6.07, 6.45) is -0.0774. The summed E-state index contributed by atoms with van der Waals surface area (Å²) in [7, 11) is 0. The van der Waals surface area contributed by atoms with Gasteiger partial charge in [0, 0.05) is 12.8 Å². The molecule has 0 spiro atoms. The highest BCUT2D eigenvalue weighted by Crippen LogP contribution is 2.31. The van der Waals surface area contributed by atoms with Crippen LogP contribution in [0.3, 0.4) is 0 Å². The molecule has 0 aromatic heterocycles. The van der Waals surface area contributed by atoms with Crippen molar-refractivity contribution in [2.45, 2.75) is 31.8 Å². The Morgan fingerprint density at radius 1 is 1.59 bits per heavy atom. The fourth-order valence-corrected chi connectivity index (χ4v) is 1.92. The Bertz CT molecular complexity index is 457. The van der Waals surface area contributed by atoms with Crippen molar-refractivity contribution in [3.63, 3.8) is 0 Å². The fraction of sp³-hybridized carbons (Fsp3) is 0.417. The zero-order valence-corrected chi connectivity index (χ0v) is 9.24. The lowest BCUT2D eigenvalue weighted by Crippen LogP contribution is -2.30. The van der Waals surface area contributed by atoms with Crippen LogP contribution in [0.5, 0.6) is 5.75 Å². The molecular weight excluding hydrogens is 230 g/mol. The van der Waals surface area contributed by atoms with Crippen molar-refractivity contribution in [3.8, 4) is 5.75 Å². The van der Waals surface area contributed by atoms with Crippen molar-refractivity contribution in [1.29, 1.82) is 0 Å². The van der Waals surface area contributed by atoms with Gasteiger partial charge in [-0.05, 0) is 24.1 Å². The Morgan fingerprint density at radius 3 is 2.94 bits per heavy atom. The Kier molecular flexibility index (Phi) is 2.77. The first-order chi connectivity index (χ1) is 7.88. The number of rotatable bonds is 3. The second-order valence-electron chi connectivity index (χ2n) is 4.26. The van der Waals surface area contributed by atoms with Crippen molar-refractivity contribution in [2.75, 3.05) is 0 Å². The number of hydrogen-bond acceptors (Lipinski definition) is 2. The third kappa shape index (κ3) is 2.38. The molecule has 3 nitrogen and oxygen atoms in total. The zero-order valence-electron chi connectivity index (χ0n) is 9.24. The van der Waals surface area contributed by atoms with Crippen LogP contribution in [0, 0.1) is 0 Å².